The van der Waals surface area contributed by atoms with Gasteiger partial charge in [-0.3, -0.25) is 0 Å². The lowest BCUT2D eigenvalue weighted by atomic mass is 9.83. The fourth-order valence-corrected chi connectivity index (χ4v) is 2.10. The van der Waals surface area contributed by atoms with E-state index in [9.17, 15) is 0 Å². The standard InChI is InChI=1S/C14H23NO3/c1-14(2,9-15-3)10-7-12(17-5)13(18-6)8-11(10)16-4/h7-8,15H,9H2,1-6H3. The summed E-state index contributed by atoms with van der Waals surface area (Å²) in [5.74, 6) is 2.21. The predicted octanol–water partition coefficient (Wildman–Crippen LogP) is 2.21. The highest BCUT2D eigenvalue weighted by molar-refractivity contribution is 5.53. The van der Waals surface area contributed by atoms with Crippen molar-refractivity contribution in [1.82, 2.24) is 5.32 Å². The molecule has 0 bridgehead atoms. The summed E-state index contributed by atoms with van der Waals surface area (Å²) >= 11 is 0. The molecular weight excluding hydrogens is 230 g/mol. The summed E-state index contributed by atoms with van der Waals surface area (Å²) in [5, 5.41) is 3.20. The van der Waals surface area contributed by atoms with Gasteiger partial charge in [-0.2, -0.15) is 0 Å². The largest absolute Gasteiger partial charge is 0.496 e. The van der Waals surface area contributed by atoms with Crippen LogP contribution in [0.3, 0.4) is 0 Å². The molecule has 102 valence electrons. The first-order valence-electron chi connectivity index (χ1n) is 5.95. The molecule has 0 aromatic heterocycles. The van der Waals surface area contributed by atoms with Gasteiger partial charge in [-0.25, -0.2) is 0 Å². The zero-order valence-corrected chi connectivity index (χ0v) is 12.1. The van der Waals surface area contributed by atoms with Crippen molar-refractivity contribution in [3.63, 3.8) is 0 Å². The highest BCUT2D eigenvalue weighted by Crippen LogP contribution is 2.40. The van der Waals surface area contributed by atoms with Crippen molar-refractivity contribution in [3.05, 3.63) is 17.7 Å². The van der Waals surface area contributed by atoms with E-state index in [0.717, 1.165) is 23.6 Å². The molecule has 0 atom stereocenters. The summed E-state index contributed by atoms with van der Waals surface area (Å²) < 4.78 is 16.1. The summed E-state index contributed by atoms with van der Waals surface area (Å²) in [6, 6.07) is 3.85. The van der Waals surface area contributed by atoms with E-state index in [2.05, 4.69) is 19.2 Å². The van der Waals surface area contributed by atoms with Gasteiger partial charge in [0, 0.05) is 23.6 Å². The summed E-state index contributed by atoms with van der Waals surface area (Å²) in [7, 11) is 6.87. The Kier molecular flexibility index (Phi) is 4.84. The van der Waals surface area contributed by atoms with E-state index in [-0.39, 0.29) is 5.41 Å². The van der Waals surface area contributed by atoms with E-state index >= 15 is 0 Å². The second-order valence-corrected chi connectivity index (χ2v) is 4.82. The van der Waals surface area contributed by atoms with Crippen LogP contribution in [0.1, 0.15) is 19.4 Å². The molecule has 4 nitrogen and oxygen atoms in total. The van der Waals surface area contributed by atoms with E-state index in [1.807, 2.05) is 19.2 Å². The Morgan fingerprint density at radius 1 is 0.944 bits per heavy atom. The maximum absolute atomic E-state index is 5.46. The molecule has 1 aromatic carbocycles. The zero-order valence-electron chi connectivity index (χ0n) is 12.1. The molecule has 0 unspecified atom stereocenters. The summed E-state index contributed by atoms with van der Waals surface area (Å²) in [6.07, 6.45) is 0. The van der Waals surface area contributed by atoms with Crippen molar-refractivity contribution in [3.8, 4) is 17.2 Å². The van der Waals surface area contributed by atoms with E-state index in [1.54, 1.807) is 21.3 Å². The van der Waals surface area contributed by atoms with Gasteiger partial charge in [0.25, 0.3) is 0 Å². The SMILES string of the molecule is CNCC(C)(C)c1cc(OC)c(OC)cc1OC. The molecule has 0 fully saturated rings. The normalized spacial score (nSPS) is 11.2. The van der Waals surface area contributed by atoms with Crippen molar-refractivity contribution < 1.29 is 14.2 Å². The van der Waals surface area contributed by atoms with Crippen LogP contribution in [0.5, 0.6) is 17.2 Å². The first kappa shape index (κ1) is 14.6. The Balaban J connectivity index is 3.33. The monoisotopic (exact) mass is 253 g/mol. The number of hydrogen-bond acceptors (Lipinski definition) is 4. The molecule has 0 spiro atoms. The van der Waals surface area contributed by atoms with Crippen molar-refractivity contribution in [2.24, 2.45) is 0 Å². The van der Waals surface area contributed by atoms with Gasteiger partial charge in [-0.05, 0) is 13.1 Å². The zero-order chi connectivity index (χ0) is 13.8. The lowest BCUT2D eigenvalue weighted by Crippen LogP contribution is -2.31. The van der Waals surface area contributed by atoms with Gasteiger partial charge in [0.1, 0.15) is 5.75 Å². The van der Waals surface area contributed by atoms with Crippen LogP contribution < -0.4 is 19.5 Å². The van der Waals surface area contributed by atoms with Crippen LogP contribution >= 0.6 is 0 Å². The van der Waals surface area contributed by atoms with Crippen molar-refractivity contribution in [2.75, 3.05) is 34.9 Å². The van der Waals surface area contributed by atoms with Gasteiger partial charge in [-0.15, -0.1) is 0 Å². The third-order valence-corrected chi connectivity index (χ3v) is 3.05. The molecule has 0 aliphatic carbocycles. The first-order chi connectivity index (χ1) is 8.50. The molecule has 0 amide bonds. The lowest BCUT2D eigenvalue weighted by Gasteiger charge is -2.27. The van der Waals surface area contributed by atoms with Crippen LogP contribution in [-0.2, 0) is 5.41 Å². The maximum Gasteiger partial charge on any atom is 0.164 e. The highest BCUT2D eigenvalue weighted by atomic mass is 16.5. The summed E-state index contributed by atoms with van der Waals surface area (Å²) in [4.78, 5) is 0. The Morgan fingerprint density at radius 2 is 1.44 bits per heavy atom. The topological polar surface area (TPSA) is 39.7 Å². The number of rotatable bonds is 6. The molecule has 0 aliphatic rings. The van der Waals surface area contributed by atoms with Gasteiger partial charge in [0.05, 0.1) is 21.3 Å². The van der Waals surface area contributed by atoms with Gasteiger partial charge in [-0.1, -0.05) is 13.8 Å². The smallest absolute Gasteiger partial charge is 0.164 e. The van der Waals surface area contributed by atoms with Crippen LogP contribution in [0.2, 0.25) is 0 Å². The minimum atomic E-state index is -0.0559. The van der Waals surface area contributed by atoms with Crippen molar-refractivity contribution in [1.29, 1.82) is 0 Å². The van der Waals surface area contributed by atoms with Crippen molar-refractivity contribution >= 4 is 0 Å². The fraction of sp³-hybridized carbons (Fsp3) is 0.571. The van der Waals surface area contributed by atoms with E-state index in [1.165, 1.54) is 0 Å². The number of ether oxygens (including phenoxy) is 3. The molecule has 0 aliphatic heterocycles. The molecule has 0 saturated carbocycles. The molecule has 1 rings (SSSR count). The average molecular weight is 253 g/mol. The van der Waals surface area contributed by atoms with Crippen LogP contribution in [0.4, 0.5) is 0 Å². The first-order valence-corrected chi connectivity index (χ1v) is 5.95. The van der Waals surface area contributed by atoms with Gasteiger partial charge < -0.3 is 19.5 Å². The van der Waals surface area contributed by atoms with Crippen LogP contribution in [0.15, 0.2) is 12.1 Å². The third kappa shape index (κ3) is 2.88. The van der Waals surface area contributed by atoms with Gasteiger partial charge in [0.15, 0.2) is 11.5 Å². The Bertz CT molecular complexity index is 402. The van der Waals surface area contributed by atoms with Gasteiger partial charge in [0.2, 0.25) is 0 Å². The number of hydrogen-bond donors (Lipinski definition) is 1. The summed E-state index contributed by atoms with van der Waals surface area (Å²) in [6.45, 7) is 5.17. The fourth-order valence-electron chi connectivity index (χ4n) is 2.10. The molecule has 4 heteroatoms. The Labute approximate surface area is 109 Å². The number of nitrogens with one attached hydrogen (secondary N) is 1. The maximum atomic E-state index is 5.46. The van der Waals surface area contributed by atoms with Crippen LogP contribution in [-0.4, -0.2) is 34.9 Å². The van der Waals surface area contributed by atoms with E-state index in [0.29, 0.717) is 5.75 Å². The Hall–Kier alpha value is -1.42. The second kappa shape index (κ2) is 5.96. The molecule has 0 radical (unpaired) electrons. The lowest BCUT2D eigenvalue weighted by molar-refractivity contribution is 0.342. The number of likely N-dealkylation sites (N-methyl/N-ethyl adjacent to an activating group) is 1. The van der Waals surface area contributed by atoms with Crippen LogP contribution in [0, 0.1) is 0 Å². The quantitative estimate of drug-likeness (QED) is 0.843. The number of methoxy groups -OCH3 is 3. The Morgan fingerprint density at radius 3 is 1.89 bits per heavy atom. The van der Waals surface area contributed by atoms with Crippen LogP contribution in [0.25, 0.3) is 0 Å². The van der Waals surface area contributed by atoms with E-state index < -0.39 is 0 Å². The molecule has 0 saturated heterocycles. The van der Waals surface area contributed by atoms with E-state index in [4.69, 9.17) is 14.2 Å². The molecule has 1 N–H and O–H groups in total. The second-order valence-electron chi connectivity index (χ2n) is 4.82. The summed E-state index contributed by atoms with van der Waals surface area (Å²) in [5.41, 5.74) is 1.04. The minimum absolute atomic E-state index is 0.0559. The molecule has 1 aromatic rings. The molecule has 0 heterocycles. The molecule has 18 heavy (non-hydrogen) atoms. The third-order valence-electron chi connectivity index (χ3n) is 3.05. The van der Waals surface area contributed by atoms with Gasteiger partial charge >= 0.3 is 0 Å². The molecular formula is C14H23NO3. The predicted molar refractivity (Wildman–Crippen MR) is 73.1 cm³/mol. The highest BCUT2D eigenvalue weighted by Gasteiger charge is 2.26. The average Bonchev–Trinajstić information content (AvgIpc) is 2.36. The minimum Gasteiger partial charge on any atom is -0.496 e. The number of benzene rings is 1. The van der Waals surface area contributed by atoms with Crippen molar-refractivity contribution in [2.45, 2.75) is 19.3 Å².